The number of hydrogen-bond donors (Lipinski definition) is 1. The van der Waals surface area contributed by atoms with Crippen molar-refractivity contribution in [1.29, 1.82) is 5.26 Å². The van der Waals surface area contributed by atoms with Gasteiger partial charge < -0.3 is 5.32 Å². The van der Waals surface area contributed by atoms with Crippen LogP contribution in [0.4, 0.5) is 21.5 Å². The highest BCUT2D eigenvalue weighted by Gasteiger charge is 2.13. The Morgan fingerprint density at radius 1 is 1.30 bits per heavy atom. The van der Waals surface area contributed by atoms with E-state index in [1.165, 1.54) is 24.3 Å². The van der Waals surface area contributed by atoms with Gasteiger partial charge in [0.15, 0.2) is 5.82 Å². The molecule has 0 radical (unpaired) electrons. The second-order valence-corrected chi connectivity index (χ2v) is 4.23. The lowest BCUT2D eigenvalue weighted by atomic mass is 10.1. The Bertz CT molecular complexity index is 728. The van der Waals surface area contributed by atoms with Gasteiger partial charge in [0.05, 0.1) is 26.9 Å². The molecule has 100 valence electrons. The zero-order valence-corrected chi connectivity index (χ0v) is 10.7. The first-order chi connectivity index (χ1) is 9.52. The summed E-state index contributed by atoms with van der Waals surface area (Å²) in [5.41, 5.74) is 0.180. The molecule has 5 nitrogen and oxygen atoms in total. The number of nitrogens with zero attached hydrogens (tertiary/aromatic N) is 2. The molecule has 0 amide bonds. The van der Waals surface area contributed by atoms with Gasteiger partial charge in [-0.1, -0.05) is 17.7 Å². The van der Waals surface area contributed by atoms with E-state index in [9.17, 15) is 14.5 Å². The number of rotatable bonds is 3. The third kappa shape index (κ3) is 2.68. The average molecular weight is 292 g/mol. The van der Waals surface area contributed by atoms with E-state index < -0.39 is 10.7 Å². The molecule has 0 bridgehead atoms. The number of nitriles is 1. The average Bonchev–Trinajstić information content (AvgIpc) is 2.44. The highest BCUT2D eigenvalue weighted by atomic mass is 35.5. The number of nitro benzene ring substituents is 1. The van der Waals surface area contributed by atoms with Gasteiger partial charge in [0.25, 0.3) is 5.69 Å². The second-order valence-electron chi connectivity index (χ2n) is 3.83. The maximum absolute atomic E-state index is 13.7. The molecule has 20 heavy (non-hydrogen) atoms. The van der Waals surface area contributed by atoms with Crippen molar-refractivity contribution in [3.05, 3.63) is 62.9 Å². The molecule has 0 aliphatic rings. The molecule has 0 fully saturated rings. The van der Waals surface area contributed by atoms with Crippen molar-refractivity contribution in [2.24, 2.45) is 0 Å². The van der Waals surface area contributed by atoms with Crippen LogP contribution in [0.2, 0.25) is 5.02 Å². The smallest absolute Gasteiger partial charge is 0.270 e. The predicted molar refractivity (Wildman–Crippen MR) is 72.5 cm³/mol. The summed E-state index contributed by atoms with van der Waals surface area (Å²) >= 11 is 5.65. The molecule has 0 saturated carbocycles. The van der Waals surface area contributed by atoms with Crippen molar-refractivity contribution in [2.75, 3.05) is 5.32 Å². The van der Waals surface area contributed by atoms with Crippen LogP contribution in [0.3, 0.4) is 0 Å². The molecule has 0 heterocycles. The standard InChI is InChI=1S/C13H7ClFN3O2/c14-10-2-1-3-12(13(10)15)17-11-5-4-9(18(19)20)6-8(11)7-16/h1-6,17H. The molecule has 7 heteroatoms. The van der Waals surface area contributed by atoms with E-state index >= 15 is 0 Å². The monoisotopic (exact) mass is 291 g/mol. The first-order valence-corrected chi connectivity index (χ1v) is 5.80. The quantitative estimate of drug-likeness (QED) is 0.684. The van der Waals surface area contributed by atoms with Crippen LogP contribution in [0.25, 0.3) is 0 Å². The topological polar surface area (TPSA) is 79.0 Å². The second kappa shape index (κ2) is 5.55. The Hall–Kier alpha value is -2.65. The fraction of sp³-hybridized carbons (Fsp3) is 0. The molecule has 1 N–H and O–H groups in total. The number of benzene rings is 2. The summed E-state index contributed by atoms with van der Waals surface area (Å²) in [7, 11) is 0. The molecule has 2 rings (SSSR count). The lowest BCUT2D eigenvalue weighted by molar-refractivity contribution is -0.384. The summed E-state index contributed by atoms with van der Waals surface area (Å²) in [6.45, 7) is 0. The minimum absolute atomic E-state index is 0.0403. The Labute approximate surface area is 118 Å². The van der Waals surface area contributed by atoms with E-state index in [1.54, 1.807) is 6.07 Å². The van der Waals surface area contributed by atoms with Crippen molar-refractivity contribution in [3.63, 3.8) is 0 Å². The summed E-state index contributed by atoms with van der Waals surface area (Å²) in [6.07, 6.45) is 0. The van der Waals surface area contributed by atoms with Crippen molar-refractivity contribution in [2.45, 2.75) is 0 Å². The molecule has 0 aliphatic heterocycles. The van der Waals surface area contributed by atoms with Crippen LogP contribution in [0, 0.1) is 27.3 Å². The number of non-ortho nitro benzene ring substituents is 1. The summed E-state index contributed by atoms with van der Waals surface area (Å²) in [5.74, 6) is -0.656. The van der Waals surface area contributed by atoms with Gasteiger partial charge in [-0.3, -0.25) is 10.1 Å². The minimum atomic E-state index is -0.656. The minimum Gasteiger partial charge on any atom is -0.352 e. The number of anilines is 2. The van der Waals surface area contributed by atoms with E-state index in [2.05, 4.69) is 5.32 Å². The van der Waals surface area contributed by atoms with Crippen LogP contribution in [-0.4, -0.2) is 4.92 Å². The summed E-state index contributed by atoms with van der Waals surface area (Å²) < 4.78 is 13.7. The van der Waals surface area contributed by atoms with Crippen LogP contribution in [0.5, 0.6) is 0 Å². The third-order valence-electron chi connectivity index (χ3n) is 2.56. The van der Waals surface area contributed by atoms with E-state index in [0.29, 0.717) is 0 Å². The Kier molecular flexibility index (Phi) is 3.82. The number of nitro groups is 1. The largest absolute Gasteiger partial charge is 0.352 e. The lowest BCUT2D eigenvalue weighted by Crippen LogP contribution is -1.98. The predicted octanol–water partition coefficient (Wildman–Crippen LogP) is 4.00. The van der Waals surface area contributed by atoms with Crippen LogP contribution < -0.4 is 5.32 Å². The maximum Gasteiger partial charge on any atom is 0.270 e. The summed E-state index contributed by atoms with van der Waals surface area (Å²) in [4.78, 5) is 10.0. The Balaban J connectivity index is 2.42. The van der Waals surface area contributed by atoms with Gasteiger partial charge in [0, 0.05) is 12.1 Å². The van der Waals surface area contributed by atoms with Gasteiger partial charge in [0.2, 0.25) is 0 Å². The van der Waals surface area contributed by atoms with Crippen molar-refractivity contribution in [1.82, 2.24) is 0 Å². The van der Waals surface area contributed by atoms with E-state index in [4.69, 9.17) is 16.9 Å². The van der Waals surface area contributed by atoms with E-state index in [0.717, 1.165) is 6.07 Å². The lowest BCUT2D eigenvalue weighted by Gasteiger charge is -2.09. The molecule has 0 aliphatic carbocycles. The highest BCUT2D eigenvalue weighted by molar-refractivity contribution is 6.31. The molecule has 0 atom stereocenters. The summed E-state index contributed by atoms with van der Waals surface area (Å²) in [6, 6.07) is 9.90. The molecule has 2 aromatic carbocycles. The zero-order chi connectivity index (χ0) is 14.7. The van der Waals surface area contributed by atoms with Gasteiger partial charge >= 0.3 is 0 Å². The van der Waals surface area contributed by atoms with Gasteiger partial charge in [-0.05, 0) is 18.2 Å². The van der Waals surface area contributed by atoms with Crippen LogP contribution in [0.1, 0.15) is 5.56 Å². The maximum atomic E-state index is 13.7. The third-order valence-corrected chi connectivity index (χ3v) is 2.85. The van der Waals surface area contributed by atoms with Crippen molar-refractivity contribution >= 4 is 28.7 Å². The Morgan fingerprint density at radius 2 is 2.05 bits per heavy atom. The number of nitrogens with one attached hydrogen (secondary N) is 1. The van der Waals surface area contributed by atoms with Crippen molar-refractivity contribution in [3.8, 4) is 6.07 Å². The Morgan fingerprint density at radius 3 is 2.70 bits per heavy atom. The molecule has 2 aromatic rings. The van der Waals surface area contributed by atoms with Crippen LogP contribution in [-0.2, 0) is 0 Å². The molecular formula is C13H7ClFN3O2. The fourth-order valence-electron chi connectivity index (χ4n) is 1.59. The number of halogens is 2. The van der Waals surface area contributed by atoms with Gasteiger partial charge in [-0.15, -0.1) is 0 Å². The molecule has 0 spiro atoms. The SMILES string of the molecule is N#Cc1cc([N+](=O)[O-])ccc1Nc1cccc(Cl)c1F. The molecule has 0 unspecified atom stereocenters. The molecule has 0 saturated heterocycles. The number of hydrogen-bond acceptors (Lipinski definition) is 4. The normalized spacial score (nSPS) is 9.85. The van der Waals surface area contributed by atoms with Gasteiger partial charge in [0.1, 0.15) is 6.07 Å². The van der Waals surface area contributed by atoms with Gasteiger partial charge in [-0.2, -0.15) is 5.26 Å². The highest BCUT2D eigenvalue weighted by Crippen LogP contribution is 2.28. The van der Waals surface area contributed by atoms with Crippen molar-refractivity contribution < 1.29 is 9.31 Å². The van der Waals surface area contributed by atoms with Gasteiger partial charge in [-0.25, -0.2) is 4.39 Å². The molecular weight excluding hydrogens is 285 g/mol. The molecule has 0 aromatic heterocycles. The first kappa shape index (κ1) is 13.8. The summed E-state index contributed by atoms with van der Waals surface area (Å²) in [5, 5.41) is 22.3. The van der Waals surface area contributed by atoms with E-state index in [-0.39, 0.29) is 27.6 Å². The first-order valence-electron chi connectivity index (χ1n) is 5.42. The zero-order valence-electron chi connectivity index (χ0n) is 9.93. The fourth-order valence-corrected chi connectivity index (χ4v) is 1.77. The van der Waals surface area contributed by atoms with Crippen LogP contribution >= 0.6 is 11.6 Å². The van der Waals surface area contributed by atoms with E-state index in [1.807, 2.05) is 6.07 Å². The van der Waals surface area contributed by atoms with Crippen LogP contribution in [0.15, 0.2) is 36.4 Å².